The lowest BCUT2D eigenvalue weighted by molar-refractivity contribution is -0.145. The van der Waals surface area contributed by atoms with Crippen molar-refractivity contribution < 1.29 is 18.0 Å². The van der Waals surface area contributed by atoms with Crippen LogP contribution in [0.25, 0.3) is 22.3 Å². The molecular formula is C27H31F3N10O. The molecule has 1 aliphatic carbocycles. The van der Waals surface area contributed by atoms with Crippen LogP contribution in [0.2, 0.25) is 0 Å². The highest BCUT2D eigenvalue weighted by molar-refractivity contribution is 5.92. The number of halogens is 3. The Kier molecular flexibility index (Phi) is 7.20. The van der Waals surface area contributed by atoms with Gasteiger partial charge in [0, 0.05) is 68.2 Å². The van der Waals surface area contributed by atoms with Gasteiger partial charge in [0.05, 0.1) is 23.6 Å². The van der Waals surface area contributed by atoms with E-state index in [2.05, 4.69) is 40.2 Å². The fourth-order valence-electron chi connectivity index (χ4n) is 5.42. The van der Waals surface area contributed by atoms with Crippen LogP contribution in [-0.2, 0) is 12.7 Å². The van der Waals surface area contributed by atoms with Gasteiger partial charge in [-0.25, -0.2) is 19.9 Å². The van der Waals surface area contributed by atoms with Crippen molar-refractivity contribution in [1.29, 1.82) is 0 Å². The standard InChI is InChI=1S/C27H31F3N10O/c1-16(2)32-13-18-9-22(37-26(36-18)27(28,29)30)25(41)39-7-5-38(6-8-39)19-10-20(11-19)40-14-17(12-35-40)23-21-3-4-31-24(21)34-15-33-23/h3-4,9,12,14-16,19-20,32H,5-8,10-11,13H2,1-2H3,(H,31,33,34). The molecule has 4 aromatic rings. The molecule has 0 spiro atoms. The van der Waals surface area contributed by atoms with Gasteiger partial charge in [-0.2, -0.15) is 18.3 Å². The van der Waals surface area contributed by atoms with E-state index in [1.807, 2.05) is 43.2 Å². The maximum absolute atomic E-state index is 13.4. The molecule has 1 amide bonds. The molecule has 0 radical (unpaired) electrons. The molecule has 11 nitrogen and oxygen atoms in total. The van der Waals surface area contributed by atoms with Crippen molar-refractivity contribution >= 4 is 16.9 Å². The summed E-state index contributed by atoms with van der Waals surface area (Å²) in [7, 11) is 0. The molecule has 0 unspecified atom stereocenters. The minimum absolute atomic E-state index is 0.0574. The van der Waals surface area contributed by atoms with E-state index in [9.17, 15) is 18.0 Å². The van der Waals surface area contributed by atoms with Crippen LogP contribution >= 0.6 is 0 Å². The predicted octanol–water partition coefficient (Wildman–Crippen LogP) is 3.29. The third-order valence-corrected chi connectivity index (χ3v) is 7.75. The Morgan fingerprint density at radius 1 is 1.12 bits per heavy atom. The monoisotopic (exact) mass is 568 g/mol. The molecule has 0 atom stereocenters. The van der Waals surface area contributed by atoms with Gasteiger partial charge in [-0.1, -0.05) is 13.8 Å². The minimum atomic E-state index is -4.74. The zero-order valence-corrected chi connectivity index (χ0v) is 22.8. The highest BCUT2D eigenvalue weighted by Crippen LogP contribution is 2.37. The fourth-order valence-corrected chi connectivity index (χ4v) is 5.42. The highest BCUT2D eigenvalue weighted by Gasteiger charge is 2.39. The number of nitrogens with one attached hydrogen (secondary N) is 2. The van der Waals surface area contributed by atoms with E-state index in [0.717, 1.165) is 35.1 Å². The van der Waals surface area contributed by atoms with E-state index < -0.39 is 17.9 Å². The van der Waals surface area contributed by atoms with Crippen LogP contribution in [0.3, 0.4) is 0 Å². The van der Waals surface area contributed by atoms with Gasteiger partial charge in [-0.3, -0.25) is 14.4 Å². The zero-order chi connectivity index (χ0) is 28.7. The number of carbonyl (C=O) groups is 1. The predicted molar refractivity (Wildman–Crippen MR) is 144 cm³/mol. The summed E-state index contributed by atoms with van der Waals surface area (Å²) in [5.41, 5.74) is 2.48. The minimum Gasteiger partial charge on any atom is -0.346 e. The molecule has 2 N–H and O–H groups in total. The summed E-state index contributed by atoms with van der Waals surface area (Å²) in [6.45, 7) is 6.04. The van der Waals surface area contributed by atoms with Crippen molar-refractivity contribution in [3.05, 3.63) is 54.3 Å². The number of rotatable bonds is 7. The van der Waals surface area contributed by atoms with E-state index in [-0.39, 0.29) is 30.0 Å². The molecule has 4 aromatic heterocycles. The molecule has 0 aromatic carbocycles. The van der Waals surface area contributed by atoms with Crippen LogP contribution in [0.1, 0.15) is 54.7 Å². The van der Waals surface area contributed by atoms with Gasteiger partial charge in [0.1, 0.15) is 17.7 Å². The third-order valence-electron chi connectivity index (χ3n) is 7.75. The van der Waals surface area contributed by atoms with Crippen LogP contribution in [0.4, 0.5) is 13.2 Å². The van der Waals surface area contributed by atoms with Crippen molar-refractivity contribution in [2.24, 2.45) is 0 Å². The number of nitrogens with zero attached hydrogens (tertiary/aromatic N) is 8. The molecule has 1 saturated heterocycles. The fraction of sp³-hybridized carbons (Fsp3) is 0.481. The summed E-state index contributed by atoms with van der Waals surface area (Å²) < 4.78 is 42.3. The zero-order valence-electron chi connectivity index (χ0n) is 22.8. The Morgan fingerprint density at radius 3 is 2.63 bits per heavy atom. The van der Waals surface area contributed by atoms with E-state index in [0.29, 0.717) is 32.2 Å². The molecule has 216 valence electrons. The average molecular weight is 569 g/mol. The Labute approximate surface area is 234 Å². The molecular weight excluding hydrogens is 537 g/mol. The maximum atomic E-state index is 13.4. The number of H-pyrrole nitrogens is 1. The lowest BCUT2D eigenvalue weighted by Crippen LogP contribution is -2.55. The van der Waals surface area contributed by atoms with Gasteiger partial charge < -0.3 is 15.2 Å². The normalized spacial score (nSPS) is 20.1. The molecule has 6 rings (SSSR count). The first-order valence-electron chi connectivity index (χ1n) is 13.7. The molecule has 14 heteroatoms. The van der Waals surface area contributed by atoms with Crippen molar-refractivity contribution in [3.8, 4) is 11.3 Å². The first kappa shape index (κ1) is 27.3. The number of amides is 1. The van der Waals surface area contributed by atoms with Gasteiger partial charge in [0.15, 0.2) is 0 Å². The Bertz CT molecular complexity index is 1530. The SMILES string of the molecule is CC(C)NCc1cc(C(=O)N2CCN(C3CC(n4cc(-c5ncnc6[nH]ccc56)cn4)C3)CC2)nc(C(F)(F)F)n1. The Hall–Kier alpha value is -3.91. The number of piperazine rings is 1. The van der Waals surface area contributed by atoms with Gasteiger partial charge in [-0.05, 0) is 25.0 Å². The number of alkyl halides is 3. The topological polar surface area (TPSA) is 121 Å². The number of hydrogen-bond donors (Lipinski definition) is 2. The number of aromatic nitrogens is 7. The number of fused-ring (bicyclic) bond motifs is 1. The van der Waals surface area contributed by atoms with Crippen molar-refractivity contribution in [1.82, 2.24) is 49.8 Å². The van der Waals surface area contributed by atoms with Gasteiger partial charge in [0.2, 0.25) is 5.82 Å². The summed E-state index contributed by atoms with van der Waals surface area (Å²) in [5.74, 6) is -1.79. The van der Waals surface area contributed by atoms with Gasteiger partial charge >= 0.3 is 6.18 Å². The first-order valence-corrected chi connectivity index (χ1v) is 13.7. The average Bonchev–Trinajstić information content (AvgIpc) is 3.60. The summed E-state index contributed by atoms with van der Waals surface area (Å²) >= 11 is 0. The Morgan fingerprint density at radius 2 is 1.90 bits per heavy atom. The van der Waals surface area contributed by atoms with E-state index >= 15 is 0 Å². The summed E-state index contributed by atoms with van der Waals surface area (Å²) in [4.78, 5) is 36.1. The second-order valence-electron chi connectivity index (χ2n) is 10.9. The largest absolute Gasteiger partial charge is 0.451 e. The van der Waals surface area contributed by atoms with Crippen LogP contribution in [0, 0.1) is 0 Å². The lowest BCUT2D eigenvalue weighted by Gasteiger charge is -2.46. The second-order valence-corrected chi connectivity index (χ2v) is 10.9. The Balaban J connectivity index is 1.05. The van der Waals surface area contributed by atoms with E-state index in [1.54, 1.807) is 4.90 Å². The summed E-state index contributed by atoms with van der Waals surface area (Å²) in [6, 6.07) is 4.01. The van der Waals surface area contributed by atoms with Gasteiger partial charge in [0.25, 0.3) is 5.91 Å². The molecule has 2 aliphatic rings. The first-order chi connectivity index (χ1) is 19.7. The highest BCUT2D eigenvalue weighted by atomic mass is 19.4. The molecule has 1 aliphatic heterocycles. The van der Waals surface area contributed by atoms with Crippen LogP contribution < -0.4 is 5.32 Å². The number of aromatic amines is 1. The molecule has 5 heterocycles. The number of carbonyl (C=O) groups excluding carboxylic acids is 1. The van der Waals surface area contributed by atoms with Crippen molar-refractivity contribution in [2.45, 2.75) is 57.5 Å². The second kappa shape index (κ2) is 10.8. The smallest absolute Gasteiger partial charge is 0.346 e. The quantitative estimate of drug-likeness (QED) is 0.349. The van der Waals surface area contributed by atoms with E-state index in [1.165, 1.54) is 12.4 Å². The molecule has 1 saturated carbocycles. The van der Waals surface area contributed by atoms with Crippen LogP contribution in [0.15, 0.2) is 37.1 Å². The van der Waals surface area contributed by atoms with Crippen molar-refractivity contribution in [2.75, 3.05) is 26.2 Å². The lowest BCUT2D eigenvalue weighted by atomic mass is 9.85. The van der Waals surface area contributed by atoms with Crippen molar-refractivity contribution in [3.63, 3.8) is 0 Å². The third kappa shape index (κ3) is 5.66. The molecule has 41 heavy (non-hydrogen) atoms. The summed E-state index contributed by atoms with van der Waals surface area (Å²) in [5, 5.41) is 8.58. The van der Waals surface area contributed by atoms with Crippen LogP contribution in [0.5, 0.6) is 0 Å². The maximum Gasteiger partial charge on any atom is 0.451 e. The van der Waals surface area contributed by atoms with Crippen LogP contribution in [-0.4, -0.2) is 88.7 Å². The molecule has 0 bridgehead atoms. The number of hydrogen-bond acceptors (Lipinski definition) is 8. The van der Waals surface area contributed by atoms with Gasteiger partial charge in [-0.15, -0.1) is 0 Å². The van der Waals surface area contributed by atoms with E-state index in [4.69, 9.17) is 0 Å². The molecule has 2 fully saturated rings. The summed E-state index contributed by atoms with van der Waals surface area (Å²) in [6.07, 6.45) is 4.37.